The fraction of sp³-hybridized carbons (Fsp3) is 0.200. The first-order valence-corrected chi connectivity index (χ1v) is 7.08. The Hall–Kier alpha value is -2.54. The van der Waals surface area contributed by atoms with Crippen molar-refractivity contribution in [2.75, 3.05) is 21.3 Å². The zero-order valence-corrected chi connectivity index (χ0v) is 13.1. The molecule has 0 saturated carbocycles. The van der Waals surface area contributed by atoms with E-state index in [1.807, 2.05) is 0 Å². The summed E-state index contributed by atoms with van der Waals surface area (Å²) in [6.07, 6.45) is 4.87. The van der Waals surface area contributed by atoms with Gasteiger partial charge in [0.15, 0.2) is 11.5 Å². The minimum absolute atomic E-state index is 0.199. The van der Waals surface area contributed by atoms with E-state index in [-0.39, 0.29) is 4.88 Å². The van der Waals surface area contributed by atoms with Crippen molar-refractivity contribution in [1.29, 1.82) is 0 Å². The first-order valence-electron chi connectivity index (χ1n) is 6.26. The maximum absolute atomic E-state index is 10.8. The van der Waals surface area contributed by atoms with Crippen LogP contribution in [0.2, 0.25) is 0 Å². The molecule has 7 heteroatoms. The zero-order chi connectivity index (χ0) is 16.1. The molecule has 1 aromatic carbocycles. The minimum atomic E-state index is -0.982. The highest BCUT2D eigenvalue weighted by molar-refractivity contribution is 7.14. The number of hydrogen-bond acceptors (Lipinski definition) is 6. The summed E-state index contributed by atoms with van der Waals surface area (Å²) >= 11 is 1.10. The van der Waals surface area contributed by atoms with Gasteiger partial charge in [0.2, 0.25) is 5.75 Å². The summed E-state index contributed by atoms with van der Waals surface area (Å²) in [5, 5.41) is 9.48. The molecule has 116 valence electrons. The Bertz CT molecular complexity index is 683. The lowest BCUT2D eigenvalue weighted by Crippen LogP contribution is -1.95. The summed E-state index contributed by atoms with van der Waals surface area (Å²) < 4.78 is 15.8. The predicted octanol–water partition coefficient (Wildman–Crippen LogP) is 3.04. The second-order valence-electron chi connectivity index (χ2n) is 4.16. The van der Waals surface area contributed by atoms with Crippen LogP contribution in [0, 0.1) is 0 Å². The van der Waals surface area contributed by atoms with E-state index in [1.54, 1.807) is 45.6 Å². The van der Waals surface area contributed by atoms with Crippen LogP contribution in [-0.2, 0) is 0 Å². The lowest BCUT2D eigenvalue weighted by atomic mass is 10.1. The first-order chi connectivity index (χ1) is 10.6. The Morgan fingerprint density at radius 3 is 2.23 bits per heavy atom. The summed E-state index contributed by atoms with van der Waals surface area (Å²) in [4.78, 5) is 15.1. The Morgan fingerprint density at radius 2 is 1.77 bits per heavy atom. The molecule has 0 atom stereocenters. The molecule has 0 unspecified atom stereocenters. The van der Waals surface area contributed by atoms with E-state index >= 15 is 0 Å². The molecule has 0 aliphatic carbocycles. The van der Waals surface area contributed by atoms with Crippen LogP contribution in [0.4, 0.5) is 0 Å². The van der Waals surface area contributed by atoms with E-state index in [9.17, 15) is 4.79 Å². The summed E-state index contributed by atoms with van der Waals surface area (Å²) in [7, 11) is 4.63. The molecular weight excluding hydrogens is 306 g/mol. The topological polar surface area (TPSA) is 77.9 Å². The molecule has 1 aromatic heterocycles. The van der Waals surface area contributed by atoms with Crippen LogP contribution in [0.1, 0.15) is 20.2 Å². The van der Waals surface area contributed by atoms with Crippen LogP contribution < -0.4 is 14.2 Å². The molecule has 22 heavy (non-hydrogen) atoms. The fourth-order valence-corrected chi connectivity index (χ4v) is 2.49. The highest BCUT2D eigenvalue weighted by Crippen LogP contribution is 2.38. The number of rotatable bonds is 6. The molecule has 0 aliphatic rings. The number of carboxylic acids is 1. The van der Waals surface area contributed by atoms with Crippen molar-refractivity contribution in [3.63, 3.8) is 0 Å². The second kappa shape index (κ2) is 6.95. The molecule has 0 radical (unpaired) electrons. The van der Waals surface area contributed by atoms with Crippen molar-refractivity contribution in [2.45, 2.75) is 0 Å². The third-order valence-corrected chi connectivity index (χ3v) is 3.79. The monoisotopic (exact) mass is 321 g/mol. The molecule has 0 bridgehead atoms. The highest BCUT2D eigenvalue weighted by Gasteiger charge is 2.12. The Morgan fingerprint density at radius 1 is 1.14 bits per heavy atom. The molecule has 0 spiro atoms. The molecular formula is C15H15NO5S. The van der Waals surface area contributed by atoms with E-state index in [1.165, 1.54) is 6.20 Å². The minimum Gasteiger partial charge on any atom is -0.493 e. The number of aromatic carboxylic acids is 1. The predicted molar refractivity (Wildman–Crippen MR) is 84.1 cm³/mol. The average Bonchev–Trinajstić information content (AvgIpc) is 3.00. The van der Waals surface area contributed by atoms with E-state index in [2.05, 4.69) is 4.98 Å². The van der Waals surface area contributed by atoms with Gasteiger partial charge in [0, 0.05) is 0 Å². The third kappa shape index (κ3) is 3.37. The number of ether oxygens (including phenoxy) is 3. The highest BCUT2D eigenvalue weighted by atomic mass is 32.1. The summed E-state index contributed by atoms with van der Waals surface area (Å²) in [6, 6.07) is 3.59. The van der Waals surface area contributed by atoms with Gasteiger partial charge in [0.05, 0.1) is 27.5 Å². The van der Waals surface area contributed by atoms with Gasteiger partial charge in [0.1, 0.15) is 9.88 Å². The number of thiazole rings is 1. The number of methoxy groups -OCH3 is 3. The van der Waals surface area contributed by atoms with Crippen LogP contribution in [-0.4, -0.2) is 37.4 Å². The van der Waals surface area contributed by atoms with Gasteiger partial charge in [-0.3, -0.25) is 0 Å². The van der Waals surface area contributed by atoms with Gasteiger partial charge in [-0.2, -0.15) is 0 Å². The van der Waals surface area contributed by atoms with Crippen molar-refractivity contribution in [2.24, 2.45) is 0 Å². The Labute approximate surface area is 131 Å². The lowest BCUT2D eigenvalue weighted by molar-refractivity contribution is 0.0702. The lowest BCUT2D eigenvalue weighted by Gasteiger charge is -2.12. The summed E-state index contributed by atoms with van der Waals surface area (Å²) in [5.74, 6) is 0.633. The maximum Gasteiger partial charge on any atom is 0.347 e. The van der Waals surface area contributed by atoms with Crippen molar-refractivity contribution < 1.29 is 24.1 Å². The van der Waals surface area contributed by atoms with E-state index in [4.69, 9.17) is 19.3 Å². The van der Waals surface area contributed by atoms with Gasteiger partial charge >= 0.3 is 5.97 Å². The van der Waals surface area contributed by atoms with Crippen molar-refractivity contribution in [3.05, 3.63) is 33.8 Å². The molecule has 2 rings (SSSR count). The molecule has 0 aliphatic heterocycles. The largest absolute Gasteiger partial charge is 0.493 e. The normalized spacial score (nSPS) is 10.7. The van der Waals surface area contributed by atoms with Gasteiger partial charge in [-0.05, 0) is 23.8 Å². The molecule has 0 fully saturated rings. The number of carboxylic acid groups (broad SMARTS) is 1. The van der Waals surface area contributed by atoms with Crippen molar-refractivity contribution >= 4 is 29.5 Å². The van der Waals surface area contributed by atoms with Crippen LogP contribution in [0.25, 0.3) is 12.2 Å². The molecule has 0 amide bonds. The third-order valence-electron chi connectivity index (χ3n) is 2.84. The number of benzene rings is 1. The maximum atomic E-state index is 10.8. The molecule has 1 heterocycles. The summed E-state index contributed by atoms with van der Waals surface area (Å²) in [5.41, 5.74) is 0.821. The van der Waals surface area contributed by atoms with Gasteiger partial charge in [0.25, 0.3) is 0 Å². The molecule has 2 aromatic rings. The number of carbonyl (C=O) groups is 1. The average molecular weight is 321 g/mol. The van der Waals surface area contributed by atoms with Crippen LogP contribution >= 0.6 is 11.3 Å². The van der Waals surface area contributed by atoms with E-state index < -0.39 is 5.97 Å². The first kappa shape index (κ1) is 15.8. The Kier molecular flexibility index (Phi) is 5.00. The van der Waals surface area contributed by atoms with Gasteiger partial charge in [-0.1, -0.05) is 6.08 Å². The zero-order valence-electron chi connectivity index (χ0n) is 12.3. The molecule has 0 saturated heterocycles. The smallest absolute Gasteiger partial charge is 0.347 e. The quantitative estimate of drug-likeness (QED) is 0.881. The molecule has 1 N–H and O–H groups in total. The fourth-order valence-electron chi connectivity index (χ4n) is 1.83. The standard InChI is InChI=1S/C15H15NO5S/c1-19-10-6-9(7-11(20-2)14(10)21-3)4-5-13-16-8-12(22-13)15(17)18/h4-8H,1-3H3,(H,17,18). The second-order valence-corrected chi connectivity index (χ2v) is 5.22. The van der Waals surface area contributed by atoms with Gasteiger partial charge in [-0.15, -0.1) is 11.3 Å². The number of aromatic nitrogens is 1. The number of hydrogen-bond donors (Lipinski definition) is 1. The van der Waals surface area contributed by atoms with Gasteiger partial charge < -0.3 is 19.3 Å². The van der Waals surface area contributed by atoms with Crippen LogP contribution in [0.3, 0.4) is 0 Å². The van der Waals surface area contributed by atoms with Gasteiger partial charge in [-0.25, -0.2) is 9.78 Å². The van der Waals surface area contributed by atoms with Crippen LogP contribution in [0.5, 0.6) is 17.2 Å². The SMILES string of the molecule is COc1cc(C=Cc2ncc(C(=O)O)s2)cc(OC)c1OC. The molecule has 6 nitrogen and oxygen atoms in total. The van der Waals surface area contributed by atoms with Crippen molar-refractivity contribution in [3.8, 4) is 17.2 Å². The van der Waals surface area contributed by atoms with E-state index in [0.29, 0.717) is 22.3 Å². The van der Waals surface area contributed by atoms with E-state index in [0.717, 1.165) is 16.9 Å². The summed E-state index contributed by atoms with van der Waals surface area (Å²) in [6.45, 7) is 0. The van der Waals surface area contributed by atoms with Crippen LogP contribution in [0.15, 0.2) is 18.3 Å². The Balaban J connectivity index is 2.31. The number of nitrogens with zero attached hydrogens (tertiary/aromatic N) is 1. The van der Waals surface area contributed by atoms with Crippen molar-refractivity contribution in [1.82, 2.24) is 4.98 Å².